The molecule has 0 aliphatic heterocycles. The topological polar surface area (TPSA) is 252 Å². The summed E-state index contributed by atoms with van der Waals surface area (Å²) in [5.74, 6) is -5.63. The van der Waals surface area contributed by atoms with E-state index in [9.17, 15) is 34.2 Å². The van der Waals surface area contributed by atoms with Crippen molar-refractivity contribution in [2.24, 2.45) is 34.0 Å². The van der Waals surface area contributed by atoms with Gasteiger partial charge >= 0.3 is 11.9 Å². The second-order valence-corrected chi connectivity index (χ2v) is 8.97. The Hall–Kier alpha value is -3.42. The number of nitrogens with zero attached hydrogens (tertiary/aromatic N) is 1. The van der Waals surface area contributed by atoms with Gasteiger partial charge in [-0.1, -0.05) is 27.7 Å². The number of aliphatic imine (C=N–C) groups is 1. The molecule has 0 aliphatic rings. The predicted octanol–water partition coefficient (Wildman–Crippen LogP) is -1.92. The molecule has 0 saturated heterocycles. The number of hydrogen-bond acceptors (Lipinski definition) is 7. The van der Waals surface area contributed by atoms with E-state index < -0.39 is 66.2 Å². The van der Waals surface area contributed by atoms with E-state index >= 15 is 0 Å². The van der Waals surface area contributed by atoms with Gasteiger partial charge in [-0.05, 0) is 31.1 Å². The van der Waals surface area contributed by atoms with Crippen molar-refractivity contribution in [2.75, 3.05) is 6.54 Å². The number of carboxylic acids is 2. The molecule has 0 aromatic carbocycles. The smallest absolute Gasteiger partial charge is 0.326 e. The van der Waals surface area contributed by atoms with Gasteiger partial charge in [-0.15, -0.1) is 0 Å². The number of nitrogens with two attached hydrogens (primary N) is 3. The highest BCUT2D eigenvalue weighted by Crippen LogP contribution is 2.08. The molecule has 0 bridgehead atoms. The molecular weight excluding hydrogens is 462 g/mol. The van der Waals surface area contributed by atoms with E-state index in [2.05, 4.69) is 20.9 Å². The highest BCUT2D eigenvalue weighted by atomic mass is 16.4. The lowest BCUT2D eigenvalue weighted by atomic mass is 10.0. The van der Waals surface area contributed by atoms with Crippen LogP contribution in [0.5, 0.6) is 0 Å². The number of aliphatic carboxylic acids is 2. The average Bonchev–Trinajstić information content (AvgIpc) is 2.72. The van der Waals surface area contributed by atoms with Crippen molar-refractivity contribution in [3.05, 3.63) is 0 Å². The molecule has 3 amide bonds. The van der Waals surface area contributed by atoms with Crippen molar-refractivity contribution in [3.8, 4) is 0 Å². The van der Waals surface area contributed by atoms with Crippen molar-refractivity contribution in [1.29, 1.82) is 0 Å². The summed E-state index contributed by atoms with van der Waals surface area (Å²) in [6.07, 6.45) is -0.00620. The third kappa shape index (κ3) is 13.2. The van der Waals surface area contributed by atoms with Crippen LogP contribution in [0.1, 0.15) is 53.4 Å². The number of carbonyl (C=O) groups excluding carboxylic acids is 3. The number of nitrogens with one attached hydrogen (secondary N) is 3. The van der Waals surface area contributed by atoms with Crippen molar-refractivity contribution in [2.45, 2.75) is 77.5 Å². The van der Waals surface area contributed by atoms with Crippen LogP contribution in [0.25, 0.3) is 0 Å². The molecule has 0 fully saturated rings. The monoisotopic (exact) mass is 501 g/mol. The lowest BCUT2D eigenvalue weighted by Crippen LogP contribution is -2.58. The Balaban J connectivity index is 5.34. The van der Waals surface area contributed by atoms with Crippen LogP contribution in [-0.2, 0) is 24.0 Å². The third-order valence-electron chi connectivity index (χ3n) is 4.88. The zero-order valence-corrected chi connectivity index (χ0v) is 20.6. The van der Waals surface area contributed by atoms with Crippen LogP contribution in [0.3, 0.4) is 0 Å². The average molecular weight is 502 g/mol. The molecule has 0 aromatic rings. The van der Waals surface area contributed by atoms with E-state index in [-0.39, 0.29) is 31.3 Å². The Bertz CT molecular complexity index is 782. The summed E-state index contributed by atoms with van der Waals surface area (Å²) < 4.78 is 0. The molecule has 0 saturated carbocycles. The fraction of sp³-hybridized carbons (Fsp3) is 0.714. The highest BCUT2D eigenvalue weighted by Gasteiger charge is 2.32. The second kappa shape index (κ2) is 15.5. The maximum atomic E-state index is 12.9. The molecule has 0 aromatic heterocycles. The fourth-order valence-electron chi connectivity index (χ4n) is 3.06. The lowest BCUT2D eigenvalue weighted by molar-refractivity contribution is -0.144. The molecule has 0 radical (unpaired) electrons. The number of guanidine groups is 1. The Morgan fingerprint density at radius 1 is 0.857 bits per heavy atom. The van der Waals surface area contributed by atoms with Crippen molar-refractivity contribution < 1.29 is 34.2 Å². The fourth-order valence-corrected chi connectivity index (χ4v) is 3.06. The van der Waals surface area contributed by atoms with Gasteiger partial charge in [-0.2, -0.15) is 0 Å². The molecule has 14 nitrogen and oxygen atoms in total. The van der Waals surface area contributed by atoms with Crippen LogP contribution in [0.15, 0.2) is 4.99 Å². The maximum absolute atomic E-state index is 12.9. The SMILES string of the molecule is CC(C)CC(NC(=O)C(CC(=O)O)NC(=O)C(NC(=O)C(N)CCCN=C(N)N)C(C)C)C(=O)O. The van der Waals surface area contributed by atoms with E-state index in [0.29, 0.717) is 6.42 Å². The molecule has 0 spiro atoms. The van der Waals surface area contributed by atoms with Gasteiger partial charge in [-0.3, -0.25) is 24.2 Å². The van der Waals surface area contributed by atoms with Gasteiger partial charge in [0.15, 0.2) is 5.96 Å². The summed E-state index contributed by atoms with van der Waals surface area (Å²) in [5, 5.41) is 25.6. The summed E-state index contributed by atoms with van der Waals surface area (Å²) in [4.78, 5) is 64.5. The number of carboxylic acid groups (broad SMARTS) is 2. The molecule has 35 heavy (non-hydrogen) atoms. The van der Waals surface area contributed by atoms with Crippen LogP contribution < -0.4 is 33.2 Å². The van der Waals surface area contributed by atoms with Crippen molar-refractivity contribution >= 4 is 35.6 Å². The molecule has 14 heteroatoms. The van der Waals surface area contributed by atoms with Crippen molar-refractivity contribution in [1.82, 2.24) is 16.0 Å². The standard InChI is InChI=1S/C21H39N7O7/c1-10(2)8-14(20(34)35)27-18(32)13(9-15(29)30)26-19(33)16(11(3)4)28-17(31)12(22)6-5-7-25-21(23)24/h10-14,16H,5-9,22H2,1-4H3,(H,26,33)(H,27,32)(H,28,31)(H,29,30)(H,34,35)(H4,23,24,25). The van der Waals surface area contributed by atoms with E-state index in [1.807, 2.05) is 0 Å². The minimum absolute atomic E-state index is 0.0619. The van der Waals surface area contributed by atoms with Crippen LogP contribution in [0.2, 0.25) is 0 Å². The van der Waals surface area contributed by atoms with E-state index in [4.69, 9.17) is 17.2 Å². The Morgan fingerprint density at radius 3 is 1.89 bits per heavy atom. The largest absolute Gasteiger partial charge is 0.481 e. The van der Waals surface area contributed by atoms with E-state index in [1.165, 1.54) is 0 Å². The molecule has 200 valence electrons. The van der Waals surface area contributed by atoms with Gasteiger partial charge in [0.2, 0.25) is 17.7 Å². The first kappa shape index (κ1) is 31.6. The van der Waals surface area contributed by atoms with Gasteiger partial charge in [0.1, 0.15) is 18.1 Å². The number of carbonyl (C=O) groups is 5. The first-order valence-corrected chi connectivity index (χ1v) is 11.3. The second-order valence-electron chi connectivity index (χ2n) is 8.97. The summed E-state index contributed by atoms with van der Waals surface area (Å²) in [6.45, 7) is 7.09. The molecular formula is C21H39N7O7. The van der Waals surface area contributed by atoms with Gasteiger partial charge in [-0.25, -0.2) is 4.79 Å². The summed E-state index contributed by atoms with van der Waals surface area (Å²) in [7, 11) is 0. The molecule has 0 heterocycles. The first-order valence-electron chi connectivity index (χ1n) is 11.3. The summed E-state index contributed by atoms with van der Waals surface area (Å²) >= 11 is 0. The third-order valence-corrected chi connectivity index (χ3v) is 4.88. The quantitative estimate of drug-likeness (QED) is 0.0661. The number of rotatable bonds is 16. The zero-order chi connectivity index (χ0) is 27.3. The molecule has 11 N–H and O–H groups in total. The zero-order valence-electron chi connectivity index (χ0n) is 20.6. The number of hydrogen-bond donors (Lipinski definition) is 8. The van der Waals surface area contributed by atoms with E-state index in [1.54, 1.807) is 27.7 Å². The lowest BCUT2D eigenvalue weighted by Gasteiger charge is -2.26. The Kier molecular flexibility index (Phi) is 14.0. The summed E-state index contributed by atoms with van der Waals surface area (Å²) in [6, 6.07) is -4.89. The molecule has 0 aliphatic carbocycles. The molecule has 4 unspecified atom stereocenters. The minimum atomic E-state index is -1.56. The molecule has 4 atom stereocenters. The first-order chi connectivity index (χ1) is 16.1. The Morgan fingerprint density at radius 2 is 1.43 bits per heavy atom. The van der Waals surface area contributed by atoms with Crippen LogP contribution in [-0.4, -0.2) is 76.5 Å². The maximum Gasteiger partial charge on any atom is 0.326 e. The van der Waals surface area contributed by atoms with Crippen molar-refractivity contribution in [3.63, 3.8) is 0 Å². The van der Waals surface area contributed by atoms with Crippen LogP contribution in [0.4, 0.5) is 0 Å². The normalized spacial score (nSPS) is 14.4. The van der Waals surface area contributed by atoms with Gasteiger partial charge < -0.3 is 43.4 Å². The minimum Gasteiger partial charge on any atom is -0.481 e. The summed E-state index contributed by atoms with van der Waals surface area (Å²) in [5.41, 5.74) is 16.3. The van der Waals surface area contributed by atoms with E-state index in [0.717, 1.165) is 0 Å². The van der Waals surface area contributed by atoms with Gasteiger partial charge in [0.05, 0.1) is 12.5 Å². The van der Waals surface area contributed by atoms with Gasteiger partial charge in [0.25, 0.3) is 0 Å². The predicted molar refractivity (Wildman–Crippen MR) is 128 cm³/mol. The van der Waals surface area contributed by atoms with Crippen LogP contribution in [0, 0.1) is 11.8 Å². The number of amides is 3. The Labute approximate surface area is 204 Å². The van der Waals surface area contributed by atoms with Crippen LogP contribution >= 0.6 is 0 Å². The molecule has 0 rings (SSSR count). The highest BCUT2D eigenvalue weighted by molar-refractivity contribution is 5.95. The van der Waals surface area contributed by atoms with Gasteiger partial charge in [0, 0.05) is 6.54 Å².